The van der Waals surface area contributed by atoms with Gasteiger partial charge in [0.05, 0.1) is 0 Å². The van der Waals surface area contributed by atoms with Crippen LogP contribution in [0, 0.1) is 5.41 Å². The Morgan fingerprint density at radius 3 is 1.41 bits per heavy atom. The number of rotatable bonds is 10. The van der Waals surface area contributed by atoms with Crippen molar-refractivity contribution in [2.75, 3.05) is 19.8 Å². The van der Waals surface area contributed by atoms with Crippen LogP contribution in [0.4, 0.5) is 39.9 Å². The molecule has 0 aromatic rings. The third kappa shape index (κ3) is 8.62. The number of hydrogen-bond acceptors (Lipinski definition) is 6. The minimum atomic E-state index is -3.01. The van der Waals surface area contributed by atoms with Crippen molar-refractivity contribution in [3.63, 3.8) is 0 Å². The van der Waals surface area contributed by atoms with Crippen LogP contribution < -0.4 is 0 Å². The first-order valence-electron chi connectivity index (χ1n) is 7.04. The predicted molar refractivity (Wildman–Crippen MR) is 73.9 cm³/mol. The van der Waals surface area contributed by atoms with Crippen molar-refractivity contribution in [1.82, 2.24) is 0 Å². The van der Waals surface area contributed by atoms with E-state index in [2.05, 4.69) is 14.2 Å². The van der Waals surface area contributed by atoms with Gasteiger partial charge in [0, 0.05) is 0 Å². The molecule has 0 atom stereocenters. The summed E-state index contributed by atoms with van der Waals surface area (Å²) in [5, 5.41) is 0. The SMILES string of the molecule is CCC(CO[C](=O)[Cf]=[C](F)F)(COC(=O)C(F)=C(F)F)COC(=O)C(F)=C(F)F. The molecule has 0 aliphatic rings. The van der Waals surface area contributed by atoms with Crippen LogP contribution in [0.2, 0.25) is 0 Å². The molecule has 0 bridgehead atoms. The van der Waals surface area contributed by atoms with Crippen molar-refractivity contribution in [2.24, 2.45) is 5.41 Å². The van der Waals surface area contributed by atoms with E-state index in [-0.39, 0.29) is 6.42 Å². The topological polar surface area (TPSA) is 78.9 Å². The summed E-state index contributed by atoms with van der Waals surface area (Å²) in [5.74, 6) is -9.42. The van der Waals surface area contributed by atoms with Gasteiger partial charge < -0.3 is 0 Å². The zero-order valence-corrected chi connectivity index (χ0v) is 16.8. The number of halogens is 8. The molecule has 0 unspecified atom stereocenters. The molecule has 0 fully saturated rings. The van der Waals surface area contributed by atoms with Crippen LogP contribution in [0.15, 0.2) is 23.8 Å². The fourth-order valence-corrected chi connectivity index (χ4v) is 2.21. The maximum absolute atomic E-state index is 12.8. The molecule has 0 saturated heterocycles. The van der Waals surface area contributed by atoms with Crippen molar-refractivity contribution in [3.8, 4) is 0 Å². The summed E-state index contributed by atoms with van der Waals surface area (Å²) < 4.78 is 108. The van der Waals surface area contributed by atoms with Crippen molar-refractivity contribution in [2.45, 2.75) is 13.3 Å². The van der Waals surface area contributed by atoms with E-state index in [0.717, 1.165) is 0 Å². The van der Waals surface area contributed by atoms with Crippen molar-refractivity contribution in [3.05, 3.63) is 23.8 Å². The van der Waals surface area contributed by atoms with Crippen molar-refractivity contribution in [1.29, 1.82) is 0 Å². The Labute approximate surface area is 152 Å². The average Bonchev–Trinajstić information content (AvgIpc) is 2.65. The molecule has 169 valence electrons. The molecule has 0 rings (SSSR count). The fraction of sp³-hybridized carbons (Fsp3) is 0.429. The summed E-state index contributed by atoms with van der Waals surface area (Å²) in [7, 11) is 0. The van der Waals surface area contributed by atoms with Gasteiger partial charge >= 0.3 is 151 Å². The molecule has 0 aromatic carbocycles. The Bertz CT molecular complexity index is 684. The van der Waals surface area contributed by atoms with E-state index in [4.69, 9.17) is 0 Å². The van der Waals surface area contributed by atoms with Gasteiger partial charge in [-0.2, -0.15) is 0 Å². The summed E-state index contributed by atoms with van der Waals surface area (Å²) in [6.45, 7) is -5.33. The van der Waals surface area contributed by atoms with Gasteiger partial charge in [0.25, 0.3) is 0 Å². The molecular formula is C14H11CfF8O6. The summed E-state index contributed by atoms with van der Waals surface area (Å²) >= 11 is 0. The monoisotopic (exact) mass is 676 g/mol. The molecule has 0 heterocycles. The van der Waals surface area contributed by atoms with Gasteiger partial charge in [0.1, 0.15) is 0 Å². The van der Waals surface area contributed by atoms with Crippen LogP contribution in [0.5, 0.6) is 0 Å². The van der Waals surface area contributed by atoms with Crippen LogP contribution in [0.25, 0.3) is 0 Å². The Kier molecular flexibility index (Phi) is 9.68. The quantitative estimate of drug-likeness (QED) is 0.151. The number of esters is 2. The fourth-order valence-electron chi connectivity index (χ4n) is 1.43. The molecule has 0 saturated carbocycles. The Morgan fingerprint density at radius 1 is 0.724 bits per heavy atom. The first kappa shape index (κ1) is 25.2. The van der Waals surface area contributed by atoms with E-state index in [0.29, 0.717) is 0 Å². The molecule has 6 nitrogen and oxygen atoms in total. The van der Waals surface area contributed by atoms with Crippen LogP contribution in [-0.2, 0) is 23.8 Å². The van der Waals surface area contributed by atoms with E-state index < -0.39 is 74.4 Å². The van der Waals surface area contributed by atoms with Crippen LogP contribution in [0.1, 0.15) is 13.3 Å². The first-order valence-corrected chi connectivity index (χ1v) is 9.67. The summed E-state index contributed by atoms with van der Waals surface area (Å²) in [6, 6.07) is 0. The van der Waals surface area contributed by atoms with E-state index in [1.165, 1.54) is 6.92 Å². The number of ether oxygens (including phenoxy) is 3. The zero-order chi connectivity index (χ0) is 22.8. The molecule has 0 aromatic heterocycles. The normalized spacial score (nSPS) is 10.4. The Hall–Kier alpha value is -3.80. The second-order valence-corrected chi connectivity index (χ2v) is 7.65. The third-order valence-corrected chi connectivity index (χ3v) is 4.48. The molecular weight excluding hydrogens is 667 g/mol. The van der Waals surface area contributed by atoms with Gasteiger partial charge in [-0.05, 0) is 0 Å². The molecule has 15 heteroatoms. The van der Waals surface area contributed by atoms with E-state index in [1.54, 1.807) is 0 Å². The maximum atomic E-state index is 12.8. The van der Waals surface area contributed by atoms with Crippen LogP contribution in [0.3, 0.4) is 0 Å². The van der Waals surface area contributed by atoms with Crippen molar-refractivity contribution < 1.29 is 63.7 Å². The number of carbonyl (C=O) groups excluding carboxylic acids is 3. The molecule has 0 aliphatic heterocycles. The van der Waals surface area contributed by atoms with Crippen LogP contribution in [-0.4, -0.2) is 45.2 Å². The van der Waals surface area contributed by atoms with Gasteiger partial charge in [-0.1, -0.05) is 0 Å². The van der Waals surface area contributed by atoms with E-state index in [1.807, 2.05) is 0 Å². The Morgan fingerprint density at radius 2 is 1.10 bits per heavy atom. The third-order valence-electron chi connectivity index (χ3n) is 3.07. The predicted octanol–water partition coefficient (Wildman–Crippen LogP) is 3.87. The standard InChI is InChI=1S/C13H11F6O6.CF2.Cf/c1-2-13(3-23-6-20,4-24-11(21)7(14)9(16)17)5-25-12(22)8(15)10(18)19;2-1-3;/h2-5H2,1H3;;. The van der Waals surface area contributed by atoms with E-state index >= 15 is 0 Å². The molecule has 0 N–H and O–H groups in total. The van der Waals surface area contributed by atoms with Crippen molar-refractivity contribution >= 4 is 25.3 Å². The minimum absolute atomic E-state index is 0.294. The van der Waals surface area contributed by atoms with Gasteiger partial charge in [-0.25, -0.2) is 0 Å². The summed E-state index contributed by atoms with van der Waals surface area (Å²) in [5.41, 5.74) is -1.86. The molecule has 0 radical (unpaired) electrons. The molecule has 29 heavy (non-hydrogen) atoms. The summed E-state index contributed by atoms with van der Waals surface area (Å²) in [4.78, 5) is 33.6. The first-order chi connectivity index (χ1) is 13.3. The molecule has 0 amide bonds. The van der Waals surface area contributed by atoms with Gasteiger partial charge in [-0.15, -0.1) is 0 Å². The second kappa shape index (κ2) is 11.1. The summed E-state index contributed by atoms with van der Waals surface area (Å²) in [6.07, 6.45) is -6.32. The molecule has 0 aliphatic carbocycles. The van der Waals surface area contributed by atoms with Gasteiger partial charge in [0.2, 0.25) is 0 Å². The van der Waals surface area contributed by atoms with Crippen LogP contribution >= 0.6 is 0 Å². The van der Waals surface area contributed by atoms with E-state index in [9.17, 15) is 49.5 Å². The Balaban J connectivity index is 5.46. The molecule has 0 spiro atoms. The average molecular weight is 678 g/mol. The number of hydrogen-bond donors (Lipinski definition) is 0. The van der Waals surface area contributed by atoms with Gasteiger partial charge in [0.15, 0.2) is 0 Å². The zero-order valence-electron chi connectivity index (χ0n) is 14.1. The second-order valence-electron chi connectivity index (χ2n) is 4.93. The van der Waals surface area contributed by atoms with Gasteiger partial charge in [-0.3, -0.25) is 0 Å². The number of carbonyl (C=O) groups is 3.